The first-order valence-corrected chi connectivity index (χ1v) is 12.3. The van der Waals surface area contributed by atoms with Crippen molar-refractivity contribution in [1.82, 2.24) is 15.4 Å². The molecule has 3 N–H and O–H groups in total. The van der Waals surface area contributed by atoms with Gasteiger partial charge in [0.1, 0.15) is 0 Å². The number of rotatable bonds is 13. The highest BCUT2D eigenvalue weighted by Gasteiger charge is 2.20. The average molecular weight is 569 g/mol. The number of sulfonamides is 1. The topological polar surface area (TPSA) is 101 Å². The van der Waals surface area contributed by atoms with Gasteiger partial charge in [-0.2, -0.15) is 0 Å². The van der Waals surface area contributed by atoms with Gasteiger partial charge in [0, 0.05) is 46.5 Å². The third-order valence-electron chi connectivity index (χ3n) is 4.84. The van der Waals surface area contributed by atoms with Crippen LogP contribution in [0.2, 0.25) is 0 Å². The summed E-state index contributed by atoms with van der Waals surface area (Å²) < 4.78 is 38.5. The predicted molar refractivity (Wildman–Crippen MR) is 135 cm³/mol. The number of nitrogens with one attached hydrogen (secondary N) is 3. The summed E-state index contributed by atoms with van der Waals surface area (Å²) >= 11 is 0. The number of halogens is 1. The standard InChI is InChI=1S/C21H36N4O4S.HI/c1-3-4-13-28-14-6-12-23-21(22-2)24-16-18-8-10-20(11-9-18)30(26,27)25-17-19-7-5-15-29-19;/h8-11,19,25H,3-7,12-17H2,1-2H3,(H2,22,23,24);1H. The molecule has 8 nitrogen and oxygen atoms in total. The molecule has 1 aliphatic rings. The Morgan fingerprint density at radius 3 is 2.58 bits per heavy atom. The van der Waals surface area contributed by atoms with E-state index >= 15 is 0 Å². The zero-order chi connectivity index (χ0) is 21.7. The minimum Gasteiger partial charge on any atom is -0.381 e. The lowest BCUT2D eigenvalue weighted by molar-refractivity contribution is 0.114. The summed E-state index contributed by atoms with van der Waals surface area (Å²) in [6, 6.07) is 6.86. The maximum Gasteiger partial charge on any atom is 0.240 e. The highest BCUT2D eigenvalue weighted by molar-refractivity contribution is 14.0. The van der Waals surface area contributed by atoms with Crippen molar-refractivity contribution < 1.29 is 17.9 Å². The van der Waals surface area contributed by atoms with Gasteiger partial charge in [-0.25, -0.2) is 13.1 Å². The monoisotopic (exact) mass is 568 g/mol. The molecule has 0 aliphatic carbocycles. The van der Waals surface area contributed by atoms with Gasteiger partial charge in [0.05, 0.1) is 11.0 Å². The van der Waals surface area contributed by atoms with Gasteiger partial charge < -0.3 is 20.1 Å². The van der Waals surface area contributed by atoms with Gasteiger partial charge in [0.2, 0.25) is 10.0 Å². The lowest BCUT2D eigenvalue weighted by atomic mass is 10.2. The Kier molecular flexibility index (Phi) is 14.3. The van der Waals surface area contributed by atoms with Crippen LogP contribution < -0.4 is 15.4 Å². The largest absolute Gasteiger partial charge is 0.381 e. The second kappa shape index (κ2) is 15.8. The third-order valence-corrected chi connectivity index (χ3v) is 6.28. The SMILES string of the molecule is CCCCOCCCNC(=NC)NCc1ccc(S(=O)(=O)NCC2CCCO2)cc1.I. The van der Waals surface area contributed by atoms with Crippen LogP contribution in [0, 0.1) is 0 Å². The number of guanidine groups is 1. The van der Waals surface area contributed by atoms with E-state index in [0.29, 0.717) is 25.7 Å². The molecule has 1 aromatic carbocycles. The third kappa shape index (κ3) is 11.0. The van der Waals surface area contributed by atoms with Crippen molar-refractivity contribution in [1.29, 1.82) is 0 Å². The molecular weight excluding hydrogens is 531 g/mol. The van der Waals surface area contributed by atoms with Crippen molar-refractivity contribution in [3.63, 3.8) is 0 Å². The van der Waals surface area contributed by atoms with Crippen molar-refractivity contribution in [2.45, 2.75) is 56.6 Å². The van der Waals surface area contributed by atoms with E-state index in [-0.39, 0.29) is 35.0 Å². The van der Waals surface area contributed by atoms with Crippen molar-refractivity contribution >= 4 is 40.0 Å². The molecule has 10 heteroatoms. The maximum absolute atomic E-state index is 12.4. The quantitative estimate of drug-likeness (QED) is 0.147. The van der Waals surface area contributed by atoms with E-state index < -0.39 is 10.0 Å². The van der Waals surface area contributed by atoms with Gasteiger partial charge in [-0.05, 0) is 43.4 Å². The Bertz CT molecular complexity index is 738. The average Bonchev–Trinajstić information content (AvgIpc) is 3.28. The first kappa shape index (κ1) is 28.1. The Labute approximate surface area is 204 Å². The Balaban J connectivity index is 0.00000480. The maximum atomic E-state index is 12.4. The van der Waals surface area contributed by atoms with Crippen molar-refractivity contribution in [2.75, 3.05) is 40.0 Å². The molecule has 178 valence electrons. The lowest BCUT2D eigenvalue weighted by Gasteiger charge is -2.13. The molecule has 1 atom stereocenters. The summed E-state index contributed by atoms with van der Waals surface area (Å²) in [5.74, 6) is 0.707. The molecule has 1 heterocycles. The molecule has 1 unspecified atom stereocenters. The first-order chi connectivity index (χ1) is 14.5. The fourth-order valence-electron chi connectivity index (χ4n) is 3.01. The lowest BCUT2D eigenvalue weighted by Crippen LogP contribution is -2.37. The van der Waals surface area contributed by atoms with Crippen LogP contribution >= 0.6 is 24.0 Å². The summed E-state index contributed by atoms with van der Waals surface area (Å²) in [5, 5.41) is 6.48. The fourth-order valence-corrected chi connectivity index (χ4v) is 4.08. The minimum absolute atomic E-state index is 0. The van der Waals surface area contributed by atoms with Crippen molar-refractivity contribution in [3.05, 3.63) is 29.8 Å². The Hall–Kier alpha value is -0.950. The zero-order valence-electron chi connectivity index (χ0n) is 18.6. The molecule has 0 saturated carbocycles. The van der Waals surface area contributed by atoms with Crippen LogP contribution in [0.1, 0.15) is 44.6 Å². The summed E-state index contributed by atoms with van der Waals surface area (Å²) in [5.41, 5.74) is 0.971. The number of unbranched alkanes of at least 4 members (excludes halogenated alkanes) is 1. The normalized spacial score (nSPS) is 16.7. The summed E-state index contributed by atoms with van der Waals surface area (Å²) in [7, 11) is -1.80. The van der Waals surface area contributed by atoms with Gasteiger partial charge in [0.25, 0.3) is 0 Å². The Morgan fingerprint density at radius 1 is 1.19 bits per heavy atom. The number of benzene rings is 1. The molecule has 1 aliphatic heterocycles. The van der Waals surface area contributed by atoms with Crippen LogP contribution in [0.4, 0.5) is 0 Å². The number of nitrogens with zero attached hydrogens (tertiary/aromatic N) is 1. The molecular formula is C21H37IN4O4S. The van der Waals surface area contributed by atoms with Crippen LogP contribution in [0.3, 0.4) is 0 Å². The van der Waals surface area contributed by atoms with Crippen LogP contribution in [0.25, 0.3) is 0 Å². The fraction of sp³-hybridized carbons (Fsp3) is 0.667. The summed E-state index contributed by atoms with van der Waals surface area (Å²) in [4.78, 5) is 4.46. The van der Waals surface area contributed by atoms with Crippen LogP contribution in [0.15, 0.2) is 34.2 Å². The first-order valence-electron chi connectivity index (χ1n) is 10.8. The summed E-state index contributed by atoms with van der Waals surface area (Å²) in [6.07, 6.45) is 5.02. The number of ether oxygens (including phenoxy) is 2. The molecule has 31 heavy (non-hydrogen) atoms. The summed E-state index contributed by atoms with van der Waals surface area (Å²) in [6.45, 7) is 6.06. The van der Waals surface area contributed by atoms with E-state index in [0.717, 1.165) is 57.4 Å². The van der Waals surface area contributed by atoms with Crippen LogP contribution in [0.5, 0.6) is 0 Å². The molecule has 0 amide bonds. The molecule has 0 aromatic heterocycles. The molecule has 0 spiro atoms. The minimum atomic E-state index is -3.52. The van der Waals surface area contributed by atoms with Gasteiger partial charge >= 0.3 is 0 Å². The Morgan fingerprint density at radius 2 is 1.94 bits per heavy atom. The molecule has 0 radical (unpaired) electrons. The van der Waals surface area contributed by atoms with E-state index in [9.17, 15) is 8.42 Å². The predicted octanol–water partition coefficient (Wildman–Crippen LogP) is 2.63. The second-order valence-corrected chi connectivity index (χ2v) is 9.07. The van der Waals surface area contributed by atoms with Crippen LogP contribution in [-0.4, -0.2) is 60.4 Å². The zero-order valence-corrected chi connectivity index (χ0v) is 21.7. The molecule has 1 aromatic rings. The van der Waals surface area contributed by atoms with Gasteiger partial charge in [-0.3, -0.25) is 4.99 Å². The van der Waals surface area contributed by atoms with E-state index in [1.807, 2.05) is 12.1 Å². The highest BCUT2D eigenvalue weighted by Crippen LogP contribution is 2.14. The molecule has 2 rings (SSSR count). The van der Waals surface area contributed by atoms with Gasteiger partial charge in [-0.1, -0.05) is 25.5 Å². The number of hydrogen-bond donors (Lipinski definition) is 3. The molecule has 0 bridgehead atoms. The molecule has 1 saturated heterocycles. The van der Waals surface area contributed by atoms with Crippen LogP contribution in [-0.2, 0) is 26.0 Å². The van der Waals surface area contributed by atoms with E-state index in [4.69, 9.17) is 9.47 Å². The highest BCUT2D eigenvalue weighted by atomic mass is 127. The number of aliphatic imine (C=N–C) groups is 1. The number of hydrogen-bond acceptors (Lipinski definition) is 5. The van der Waals surface area contributed by atoms with E-state index in [1.54, 1.807) is 19.2 Å². The van der Waals surface area contributed by atoms with Gasteiger partial charge in [0.15, 0.2) is 5.96 Å². The van der Waals surface area contributed by atoms with E-state index in [1.165, 1.54) is 0 Å². The second-order valence-electron chi connectivity index (χ2n) is 7.30. The van der Waals surface area contributed by atoms with E-state index in [2.05, 4.69) is 27.3 Å². The smallest absolute Gasteiger partial charge is 0.240 e. The van der Waals surface area contributed by atoms with Crippen molar-refractivity contribution in [3.8, 4) is 0 Å². The molecule has 1 fully saturated rings. The van der Waals surface area contributed by atoms with Crippen molar-refractivity contribution in [2.24, 2.45) is 4.99 Å². The van der Waals surface area contributed by atoms with Gasteiger partial charge in [-0.15, -0.1) is 24.0 Å².